The van der Waals surface area contributed by atoms with E-state index in [-0.39, 0.29) is 11.4 Å². The van der Waals surface area contributed by atoms with Crippen LogP contribution in [0.5, 0.6) is 0 Å². The molecule has 3 aromatic rings. The minimum absolute atomic E-state index is 0.0878. The van der Waals surface area contributed by atoms with Crippen molar-refractivity contribution >= 4 is 29.2 Å². The maximum Gasteiger partial charge on any atom is 0.143 e. The first kappa shape index (κ1) is 16.8. The van der Waals surface area contributed by atoms with Crippen LogP contribution in [-0.4, -0.2) is 9.97 Å². The molecule has 0 spiro atoms. The van der Waals surface area contributed by atoms with Crippen molar-refractivity contribution in [2.45, 2.75) is 9.92 Å². The smallest absolute Gasteiger partial charge is 0.143 e. The Balaban J connectivity index is 2.21. The predicted octanol–water partition coefficient (Wildman–Crippen LogP) is 4.27. The first-order valence-corrected chi connectivity index (χ1v) is 8.31. The molecule has 0 unspecified atom stereocenters. The Morgan fingerprint density at radius 1 is 0.960 bits per heavy atom. The van der Waals surface area contributed by atoms with Gasteiger partial charge < -0.3 is 5.73 Å². The Hall–Kier alpha value is -3.06. The van der Waals surface area contributed by atoms with E-state index in [1.165, 1.54) is 11.8 Å². The molecule has 25 heavy (non-hydrogen) atoms. The minimum atomic E-state index is 0.0878. The number of halogens is 1. The Morgan fingerprint density at radius 3 is 2.20 bits per heavy atom. The zero-order chi connectivity index (χ0) is 17.8. The lowest BCUT2D eigenvalue weighted by atomic mass is 9.98. The minimum Gasteiger partial charge on any atom is -0.383 e. The lowest BCUT2D eigenvalue weighted by molar-refractivity contribution is 1.11. The number of nitrogens with two attached hydrogens (primary N) is 1. The highest BCUT2D eigenvalue weighted by Gasteiger charge is 2.20. The molecular formula is C18H10ClN5S. The highest BCUT2D eigenvalue weighted by atomic mass is 35.5. The Bertz CT molecular complexity index is 1000. The largest absolute Gasteiger partial charge is 0.383 e. The zero-order valence-electron chi connectivity index (χ0n) is 12.8. The van der Waals surface area contributed by atoms with Crippen LogP contribution in [-0.2, 0) is 0 Å². The van der Waals surface area contributed by atoms with Crippen molar-refractivity contribution in [3.63, 3.8) is 0 Å². The molecule has 0 radical (unpaired) electrons. The first-order valence-electron chi connectivity index (χ1n) is 7.11. The third-order valence-corrected chi connectivity index (χ3v) is 4.66. The normalized spacial score (nSPS) is 10.0. The van der Waals surface area contributed by atoms with Crippen LogP contribution >= 0.6 is 23.4 Å². The summed E-state index contributed by atoms with van der Waals surface area (Å²) in [4.78, 5) is 9.10. The summed E-state index contributed by atoms with van der Waals surface area (Å²) in [5.74, 6) is 0.0878. The summed E-state index contributed by atoms with van der Waals surface area (Å²) in [6.07, 6.45) is 3.19. The van der Waals surface area contributed by atoms with Crippen molar-refractivity contribution in [2.24, 2.45) is 0 Å². The maximum absolute atomic E-state index is 9.70. The molecule has 7 heteroatoms. The van der Waals surface area contributed by atoms with Gasteiger partial charge in [0.15, 0.2) is 0 Å². The quantitative estimate of drug-likeness (QED) is 0.745. The van der Waals surface area contributed by atoms with Crippen LogP contribution in [0.2, 0.25) is 5.02 Å². The van der Waals surface area contributed by atoms with Gasteiger partial charge in [-0.2, -0.15) is 10.5 Å². The molecule has 2 aromatic heterocycles. The fourth-order valence-electron chi connectivity index (χ4n) is 2.29. The highest BCUT2D eigenvalue weighted by Crippen LogP contribution is 2.38. The summed E-state index contributed by atoms with van der Waals surface area (Å²) in [6.45, 7) is 0. The number of nitriles is 2. The molecule has 0 fully saturated rings. The Morgan fingerprint density at radius 2 is 1.60 bits per heavy atom. The summed E-state index contributed by atoms with van der Waals surface area (Å²) in [5.41, 5.74) is 7.62. The number of anilines is 1. The SMILES string of the molecule is N#Cc1c(N)nc(Sc2ccc(Cl)cc2)c(C#N)c1-c1ccncc1. The van der Waals surface area contributed by atoms with Gasteiger partial charge in [0.25, 0.3) is 0 Å². The molecule has 5 nitrogen and oxygen atoms in total. The molecule has 0 saturated carbocycles. The number of nitrogens with zero attached hydrogens (tertiary/aromatic N) is 4. The van der Waals surface area contributed by atoms with Gasteiger partial charge in [-0.1, -0.05) is 23.4 Å². The average molecular weight is 364 g/mol. The molecule has 0 saturated heterocycles. The van der Waals surface area contributed by atoms with Crippen LogP contribution in [0, 0.1) is 22.7 Å². The van der Waals surface area contributed by atoms with E-state index in [4.69, 9.17) is 17.3 Å². The Labute approximate surface area is 153 Å². The molecule has 2 heterocycles. The van der Waals surface area contributed by atoms with Crippen LogP contribution in [0.3, 0.4) is 0 Å². The number of aromatic nitrogens is 2. The zero-order valence-corrected chi connectivity index (χ0v) is 14.3. The molecule has 1 aromatic carbocycles. The van der Waals surface area contributed by atoms with Gasteiger partial charge >= 0.3 is 0 Å². The molecule has 0 bridgehead atoms. The Kier molecular flexibility index (Phi) is 4.85. The molecular weight excluding hydrogens is 354 g/mol. The van der Waals surface area contributed by atoms with E-state index < -0.39 is 0 Å². The monoisotopic (exact) mass is 363 g/mol. The van der Waals surface area contributed by atoms with Crippen molar-refractivity contribution in [3.8, 4) is 23.3 Å². The number of hydrogen-bond donors (Lipinski definition) is 1. The summed E-state index contributed by atoms with van der Waals surface area (Å²) >= 11 is 7.20. The molecule has 0 amide bonds. The number of rotatable bonds is 3. The van der Waals surface area contributed by atoms with Crippen LogP contribution in [0.25, 0.3) is 11.1 Å². The van der Waals surface area contributed by atoms with Gasteiger partial charge in [-0.25, -0.2) is 4.98 Å². The van der Waals surface area contributed by atoms with E-state index in [1.807, 2.05) is 18.2 Å². The van der Waals surface area contributed by atoms with Crippen molar-refractivity contribution < 1.29 is 0 Å². The number of pyridine rings is 2. The van der Waals surface area contributed by atoms with Crippen LogP contribution in [0.1, 0.15) is 11.1 Å². The molecule has 3 rings (SSSR count). The van der Waals surface area contributed by atoms with Crippen molar-refractivity contribution in [3.05, 3.63) is 64.9 Å². The second-order valence-corrected chi connectivity index (χ2v) is 6.44. The van der Waals surface area contributed by atoms with E-state index in [1.54, 1.807) is 36.7 Å². The van der Waals surface area contributed by atoms with Crippen LogP contribution < -0.4 is 5.73 Å². The summed E-state index contributed by atoms with van der Waals surface area (Å²) in [7, 11) is 0. The number of hydrogen-bond acceptors (Lipinski definition) is 6. The second-order valence-electron chi connectivity index (χ2n) is 4.94. The van der Waals surface area contributed by atoms with E-state index in [0.29, 0.717) is 26.7 Å². The van der Waals surface area contributed by atoms with Crippen LogP contribution in [0.15, 0.2) is 58.7 Å². The topological polar surface area (TPSA) is 99.4 Å². The van der Waals surface area contributed by atoms with E-state index >= 15 is 0 Å². The summed E-state index contributed by atoms with van der Waals surface area (Å²) in [6, 6.07) is 14.8. The molecule has 120 valence electrons. The number of benzene rings is 1. The lowest BCUT2D eigenvalue weighted by Gasteiger charge is -2.12. The fraction of sp³-hybridized carbons (Fsp3) is 0. The molecule has 0 aliphatic rings. The fourth-order valence-corrected chi connectivity index (χ4v) is 3.31. The molecule has 0 aliphatic carbocycles. The van der Waals surface area contributed by atoms with Crippen molar-refractivity contribution in [1.82, 2.24) is 9.97 Å². The molecule has 0 aliphatic heterocycles. The summed E-state index contributed by atoms with van der Waals surface area (Å²) < 4.78 is 0. The number of nitrogen functional groups attached to an aromatic ring is 1. The van der Waals surface area contributed by atoms with Gasteiger partial charge in [-0.3, -0.25) is 4.98 Å². The second kappa shape index (κ2) is 7.23. The van der Waals surface area contributed by atoms with Gasteiger partial charge in [-0.15, -0.1) is 0 Å². The third kappa shape index (κ3) is 3.41. The van der Waals surface area contributed by atoms with Crippen LogP contribution in [0.4, 0.5) is 5.82 Å². The highest BCUT2D eigenvalue weighted by molar-refractivity contribution is 7.99. The van der Waals surface area contributed by atoms with Crippen molar-refractivity contribution in [1.29, 1.82) is 10.5 Å². The maximum atomic E-state index is 9.70. The van der Waals surface area contributed by atoms with E-state index in [0.717, 1.165) is 4.90 Å². The average Bonchev–Trinajstić information content (AvgIpc) is 2.64. The standard InChI is InChI=1S/C18H10ClN5S/c19-12-1-3-13(4-2-12)25-18-15(10-21)16(11-5-7-23-8-6-11)14(9-20)17(22)24-18/h1-8H,(H2,22,24). The van der Waals surface area contributed by atoms with Gasteiger partial charge in [0.1, 0.15) is 28.5 Å². The molecule has 2 N–H and O–H groups in total. The van der Waals surface area contributed by atoms with Crippen molar-refractivity contribution in [2.75, 3.05) is 5.73 Å². The third-order valence-electron chi connectivity index (χ3n) is 3.41. The van der Waals surface area contributed by atoms with E-state index in [9.17, 15) is 10.5 Å². The molecule has 0 atom stereocenters. The van der Waals surface area contributed by atoms with Gasteiger partial charge in [-0.05, 0) is 42.0 Å². The van der Waals surface area contributed by atoms with Gasteiger partial charge in [0.2, 0.25) is 0 Å². The van der Waals surface area contributed by atoms with Gasteiger partial charge in [0, 0.05) is 27.9 Å². The predicted molar refractivity (Wildman–Crippen MR) is 96.9 cm³/mol. The van der Waals surface area contributed by atoms with E-state index in [2.05, 4.69) is 16.0 Å². The lowest BCUT2D eigenvalue weighted by Crippen LogP contribution is -2.03. The summed E-state index contributed by atoms with van der Waals surface area (Å²) in [5, 5.41) is 20.2. The van der Waals surface area contributed by atoms with Gasteiger partial charge in [0.05, 0.1) is 5.56 Å². The first-order chi connectivity index (χ1) is 12.1.